The van der Waals surface area contributed by atoms with Crippen LogP contribution in [0.25, 0.3) is 0 Å². The molecular weight excluding hydrogens is 237 g/mol. The lowest BCUT2D eigenvalue weighted by Crippen LogP contribution is -2.06. The Hall–Kier alpha value is -1.43. The van der Waals surface area contributed by atoms with E-state index in [9.17, 15) is 18.0 Å². The van der Waals surface area contributed by atoms with Gasteiger partial charge in [0, 0.05) is 0 Å². The van der Waals surface area contributed by atoms with Crippen molar-refractivity contribution in [3.05, 3.63) is 28.5 Å². The summed E-state index contributed by atoms with van der Waals surface area (Å²) in [5.74, 6) is -3.45. The Kier molecular flexibility index (Phi) is 3.41. The first-order chi connectivity index (χ1) is 6.93. The predicted octanol–water partition coefficient (Wildman–Crippen LogP) is 2.78. The molecule has 0 aliphatic heterocycles. The molecule has 0 radical (unpaired) electrons. The summed E-state index contributed by atoms with van der Waals surface area (Å²) in [4.78, 5) is 10.4. The van der Waals surface area contributed by atoms with E-state index in [1.807, 2.05) is 0 Å². The molecule has 3 nitrogen and oxygen atoms in total. The van der Waals surface area contributed by atoms with E-state index in [1.165, 1.54) is 0 Å². The van der Waals surface area contributed by atoms with E-state index in [-0.39, 0.29) is 0 Å². The van der Waals surface area contributed by atoms with Crippen molar-refractivity contribution in [3.8, 4) is 5.75 Å². The summed E-state index contributed by atoms with van der Waals surface area (Å²) in [6.07, 6.45) is 0. The fourth-order valence-electron chi connectivity index (χ4n) is 0.884. The van der Waals surface area contributed by atoms with E-state index in [0.29, 0.717) is 0 Å². The molecule has 0 unspecified atom stereocenters. The summed E-state index contributed by atoms with van der Waals surface area (Å²) in [7, 11) is 0. The van der Waals surface area contributed by atoms with E-state index >= 15 is 0 Å². The molecule has 82 valence electrons. The third-order valence-corrected chi connectivity index (χ3v) is 1.85. The van der Waals surface area contributed by atoms with Crippen LogP contribution >= 0.6 is 11.6 Å². The highest BCUT2D eigenvalue weighted by molar-refractivity contribution is 6.32. The van der Waals surface area contributed by atoms with E-state index < -0.39 is 34.7 Å². The smallest absolute Gasteiger partial charge is 0.387 e. The maximum Gasteiger partial charge on any atom is 0.387 e. The number of rotatable bonds is 3. The standard InChI is InChI=1S/C8H4ClF3O3/c9-5-4(15-8(11)12)2-1-3(6(5)10)7(13)14/h1-2,8H,(H,13,14). The molecule has 0 saturated heterocycles. The number of carboxylic acid groups (broad SMARTS) is 1. The molecule has 0 fully saturated rings. The third-order valence-electron chi connectivity index (χ3n) is 1.49. The SMILES string of the molecule is O=C(O)c1ccc(OC(F)F)c(Cl)c1F. The molecule has 0 aliphatic carbocycles. The zero-order valence-corrected chi connectivity index (χ0v) is 7.76. The quantitative estimate of drug-likeness (QED) is 0.884. The van der Waals surface area contributed by atoms with Gasteiger partial charge in [0.25, 0.3) is 0 Å². The Morgan fingerprint density at radius 3 is 2.53 bits per heavy atom. The van der Waals surface area contributed by atoms with Gasteiger partial charge < -0.3 is 9.84 Å². The van der Waals surface area contributed by atoms with Gasteiger partial charge in [-0.1, -0.05) is 11.6 Å². The maximum atomic E-state index is 13.1. The molecule has 1 aromatic rings. The number of ether oxygens (including phenoxy) is 1. The molecule has 1 N–H and O–H groups in total. The maximum absolute atomic E-state index is 13.1. The first-order valence-corrected chi connectivity index (χ1v) is 3.97. The second-order valence-corrected chi connectivity index (χ2v) is 2.80. The van der Waals surface area contributed by atoms with Crippen LogP contribution in [-0.4, -0.2) is 17.7 Å². The lowest BCUT2D eigenvalue weighted by atomic mass is 10.2. The van der Waals surface area contributed by atoms with Crippen LogP contribution in [0.1, 0.15) is 10.4 Å². The van der Waals surface area contributed by atoms with Gasteiger partial charge in [-0.25, -0.2) is 9.18 Å². The van der Waals surface area contributed by atoms with Gasteiger partial charge in [0.1, 0.15) is 10.8 Å². The molecule has 0 saturated carbocycles. The zero-order valence-electron chi connectivity index (χ0n) is 7.01. The molecule has 1 aromatic carbocycles. The Labute approximate surface area is 87.0 Å². The minimum atomic E-state index is -3.16. The highest BCUT2D eigenvalue weighted by atomic mass is 35.5. The van der Waals surface area contributed by atoms with Crippen molar-refractivity contribution in [2.75, 3.05) is 0 Å². The summed E-state index contributed by atoms with van der Waals surface area (Å²) >= 11 is 5.29. The largest absolute Gasteiger partial charge is 0.478 e. The second-order valence-electron chi connectivity index (χ2n) is 2.42. The van der Waals surface area contributed by atoms with Crippen molar-refractivity contribution < 1.29 is 27.8 Å². The van der Waals surface area contributed by atoms with Crippen LogP contribution in [-0.2, 0) is 0 Å². The summed E-state index contributed by atoms with van der Waals surface area (Å²) in [5, 5.41) is 7.69. The van der Waals surface area contributed by atoms with E-state index in [4.69, 9.17) is 16.7 Å². The van der Waals surface area contributed by atoms with Crippen LogP contribution in [0.3, 0.4) is 0 Å². The average Bonchev–Trinajstić information content (AvgIpc) is 2.12. The molecule has 0 amide bonds. The number of aromatic carboxylic acids is 1. The molecule has 7 heteroatoms. The monoisotopic (exact) mass is 240 g/mol. The minimum Gasteiger partial charge on any atom is -0.478 e. The van der Waals surface area contributed by atoms with Crippen LogP contribution in [0.4, 0.5) is 13.2 Å². The van der Waals surface area contributed by atoms with E-state index in [2.05, 4.69) is 4.74 Å². The molecule has 0 atom stereocenters. The lowest BCUT2D eigenvalue weighted by Gasteiger charge is -2.07. The third kappa shape index (κ3) is 2.53. The van der Waals surface area contributed by atoms with Crippen molar-refractivity contribution >= 4 is 17.6 Å². The summed E-state index contributed by atoms with van der Waals surface area (Å²) in [5.41, 5.74) is -0.707. The zero-order chi connectivity index (χ0) is 11.6. The average molecular weight is 241 g/mol. The van der Waals surface area contributed by atoms with Crippen molar-refractivity contribution in [2.45, 2.75) is 6.61 Å². The Balaban J connectivity index is 3.15. The van der Waals surface area contributed by atoms with Gasteiger partial charge in [-0.15, -0.1) is 0 Å². The summed E-state index contributed by atoms with van der Waals surface area (Å²) < 4.78 is 40.5. The number of hydrogen-bond acceptors (Lipinski definition) is 2. The van der Waals surface area contributed by atoms with Crippen molar-refractivity contribution in [3.63, 3.8) is 0 Å². The number of alkyl halides is 2. The first kappa shape index (κ1) is 11.6. The van der Waals surface area contributed by atoms with E-state index in [0.717, 1.165) is 12.1 Å². The first-order valence-electron chi connectivity index (χ1n) is 3.59. The normalized spacial score (nSPS) is 10.5. The van der Waals surface area contributed by atoms with Crippen LogP contribution < -0.4 is 4.74 Å². The Morgan fingerprint density at radius 2 is 2.07 bits per heavy atom. The molecule has 0 bridgehead atoms. The lowest BCUT2D eigenvalue weighted by molar-refractivity contribution is -0.0499. The summed E-state index contributed by atoms with van der Waals surface area (Å²) in [6, 6.07) is 1.66. The molecule has 0 heterocycles. The fourth-order valence-corrected chi connectivity index (χ4v) is 1.09. The number of hydrogen-bond donors (Lipinski definition) is 1. The molecular formula is C8H4ClF3O3. The topological polar surface area (TPSA) is 46.5 Å². The Bertz CT molecular complexity index is 395. The summed E-state index contributed by atoms with van der Waals surface area (Å²) in [6.45, 7) is -3.16. The van der Waals surface area contributed by atoms with Gasteiger partial charge in [-0.2, -0.15) is 8.78 Å². The molecule has 0 aliphatic rings. The van der Waals surface area contributed by atoms with Crippen molar-refractivity contribution in [1.82, 2.24) is 0 Å². The van der Waals surface area contributed by atoms with Crippen molar-refractivity contribution in [2.24, 2.45) is 0 Å². The highest BCUT2D eigenvalue weighted by Gasteiger charge is 2.18. The molecule has 15 heavy (non-hydrogen) atoms. The minimum absolute atomic E-state index is 0.603. The molecule has 0 spiro atoms. The second kappa shape index (κ2) is 4.39. The number of benzene rings is 1. The predicted molar refractivity (Wildman–Crippen MR) is 45.0 cm³/mol. The van der Waals surface area contributed by atoms with Crippen LogP contribution in [0.15, 0.2) is 12.1 Å². The Morgan fingerprint density at radius 1 is 1.47 bits per heavy atom. The van der Waals surface area contributed by atoms with Gasteiger partial charge >= 0.3 is 12.6 Å². The van der Waals surface area contributed by atoms with Gasteiger partial charge in [0.2, 0.25) is 0 Å². The van der Waals surface area contributed by atoms with Crippen LogP contribution in [0, 0.1) is 5.82 Å². The fraction of sp³-hybridized carbons (Fsp3) is 0.125. The van der Waals surface area contributed by atoms with Gasteiger partial charge in [-0.05, 0) is 12.1 Å². The number of carbonyl (C=O) groups is 1. The van der Waals surface area contributed by atoms with Gasteiger partial charge in [0.15, 0.2) is 5.82 Å². The van der Waals surface area contributed by atoms with Gasteiger partial charge in [0.05, 0.1) is 5.56 Å². The highest BCUT2D eigenvalue weighted by Crippen LogP contribution is 2.30. The number of halogens is 4. The molecule has 0 aromatic heterocycles. The number of carboxylic acids is 1. The molecule has 1 rings (SSSR count). The van der Waals surface area contributed by atoms with E-state index in [1.54, 1.807) is 0 Å². The van der Waals surface area contributed by atoms with Crippen molar-refractivity contribution in [1.29, 1.82) is 0 Å². The van der Waals surface area contributed by atoms with Crippen LogP contribution in [0.5, 0.6) is 5.75 Å². The van der Waals surface area contributed by atoms with Crippen LogP contribution in [0.2, 0.25) is 5.02 Å². The van der Waals surface area contributed by atoms with Gasteiger partial charge in [-0.3, -0.25) is 0 Å².